The molecule has 0 bridgehead atoms. The Morgan fingerprint density at radius 1 is 0.879 bits per heavy atom. The van der Waals surface area contributed by atoms with Crippen molar-refractivity contribution in [3.63, 3.8) is 0 Å². The molecule has 0 radical (unpaired) electrons. The topological polar surface area (TPSA) is 26.3 Å². The minimum Gasteiger partial charge on any atom is -0.500 e. The molecule has 0 N–H and O–H groups in total. The number of carbonyl (C=O) groups excluding carboxylic acids is 1. The van der Waals surface area contributed by atoms with Crippen molar-refractivity contribution in [2.45, 2.75) is 107 Å². The maximum absolute atomic E-state index is 13.9. The van der Waals surface area contributed by atoms with Gasteiger partial charge < -0.3 is 4.74 Å². The summed E-state index contributed by atoms with van der Waals surface area (Å²) >= 11 is 0. The molecule has 7 atom stereocenters. The number of fused-ring (bicyclic) bond motifs is 7. The first kappa shape index (κ1) is 23.7. The Kier molecular flexibility index (Phi) is 4.87. The van der Waals surface area contributed by atoms with Gasteiger partial charge in [0.2, 0.25) is 0 Å². The molecule has 5 rings (SSSR count). The highest BCUT2D eigenvalue weighted by Gasteiger charge is 2.69. The van der Waals surface area contributed by atoms with Crippen molar-refractivity contribution >= 4 is 5.78 Å². The first-order chi connectivity index (χ1) is 15.2. The summed E-state index contributed by atoms with van der Waals surface area (Å²) in [6, 6.07) is 0. The summed E-state index contributed by atoms with van der Waals surface area (Å²) in [7, 11) is 1.73. The Labute approximate surface area is 203 Å². The van der Waals surface area contributed by atoms with Gasteiger partial charge in [-0.25, -0.2) is 0 Å². The summed E-state index contributed by atoms with van der Waals surface area (Å²) in [6.07, 6.45) is 14.7. The van der Waals surface area contributed by atoms with Gasteiger partial charge in [-0.15, -0.1) is 0 Å². The van der Waals surface area contributed by atoms with Gasteiger partial charge in [0.15, 0.2) is 5.78 Å². The molecule has 0 heterocycles. The second kappa shape index (κ2) is 6.79. The molecular weight excluding hydrogens is 404 g/mol. The van der Waals surface area contributed by atoms with Crippen LogP contribution in [0.4, 0.5) is 0 Å². The van der Waals surface area contributed by atoms with Crippen LogP contribution in [0, 0.1) is 50.2 Å². The molecule has 0 amide bonds. The van der Waals surface area contributed by atoms with E-state index in [4.69, 9.17) is 4.74 Å². The van der Waals surface area contributed by atoms with E-state index in [1.165, 1.54) is 38.5 Å². The molecule has 3 saturated carbocycles. The predicted octanol–water partition coefficient (Wildman–Crippen LogP) is 8.13. The summed E-state index contributed by atoms with van der Waals surface area (Å²) in [5.41, 5.74) is 2.66. The fraction of sp³-hybridized carbons (Fsp3) is 0.839. The quantitative estimate of drug-likeness (QED) is 0.375. The monoisotopic (exact) mass is 452 g/mol. The minimum atomic E-state index is -0.309. The Morgan fingerprint density at radius 3 is 2.21 bits per heavy atom. The number of ketones is 1. The standard InChI is InChI=1S/C31H48O2/c1-26(2)14-15-28(5)16-17-29(6)20(21(28)19-26)10-11-23-30(29,7)13-12-22-27(3,4)25(33-9)18-24(32)31(22,23)8/h10,18,21-23H,11-17,19H2,1-9H3. The zero-order valence-corrected chi connectivity index (χ0v) is 22.9. The van der Waals surface area contributed by atoms with Gasteiger partial charge in [0.05, 0.1) is 7.11 Å². The number of hydrogen-bond donors (Lipinski definition) is 0. The Balaban J connectivity index is 1.62. The van der Waals surface area contributed by atoms with Gasteiger partial charge >= 0.3 is 0 Å². The van der Waals surface area contributed by atoms with E-state index in [-0.39, 0.29) is 21.7 Å². The SMILES string of the molecule is COC1=CC(=O)C2(C)C(CCC3(C)C2CC=C2C4CC(C)(C)CCC4(C)CCC23C)C1(C)C. The fourth-order valence-electron chi connectivity index (χ4n) is 10.2. The molecule has 0 spiro atoms. The molecule has 0 aromatic carbocycles. The van der Waals surface area contributed by atoms with Crippen molar-refractivity contribution in [2.24, 2.45) is 50.2 Å². The van der Waals surface area contributed by atoms with E-state index in [1.54, 1.807) is 12.7 Å². The highest BCUT2D eigenvalue weighted by atomic mass is 16.5. The lowest BCUT2D eigenvalue weighted by Crippen LogP contribution is -2.65. The van der Waals surface area contributed by atoms with Crippen LogP contribution in [-0.4, -0.2) is 12.9 Å². The zero-order chi connectivity index (χ0) is 24.2. The minimum absolute atomic E-state index is 0.0951. The van der Waals surface area contributed by atoms with Crippen LogP contribution in [0.5, 0.6) is 0 Å². The molecule has 3 fully saturated rings. The van der Waals surface area contributed by atoms with Crippen LogP contribution in [0.25, 0.3) is 0 Å². The number of ether oxygens (including phenoxy) is 1. The Morgan fingerprint density at radius 2 is 1.55 bits per heavy atom. The molecule has 5 aliphatic rings. The maximum Gasteiger partial charge on any atom is 0.165 e. The third-order valence-corrected chi connectivity index (χ3v) is 12.7. The Bertz CT molecular complexity index is 937. The number of hydrogen-bond acceptors (Lipinski definition) is 2. The van der Waals surface area contributed by atoms with E-state index in [0.717, 1.165) is 18.6 Å². The Hall–Kier alpha value is -1.05. The van der Waals surface area contributed by atoms with E-state index in [9.17, 15) is 4.79 Å². The van der Waals surface area contributed by atoms with Crippen molar-refractivity contribution in [2.75, 3.05) is 7.11 Å². The number of allylic oxidation sites excluding steroid dienone is 4. The van der Waals surface area contributed by atoms with Gasteiger partial charge in [-0.2, -0.15) is 0 Å². The van der Waals surface area contributed by atoms with Crippen LogP contribution < -0.4 is 0 Å². The molecule has 184 valence electrons. The van der Waals surface area contributed by atoms with E-state index in [0.29, 0.717) is 34.4 Å². The average molecular weight is 453 g/mol. The second-order valence-corrected chi connectivity index (χ2v) is 14.9. The normalized spacial score (nSPS) is 50.1. The van der Waals surface area contributed by atoms with Crippen LogP contribution in [0.1, 0.15) is 107 Å². The van der Waals surface area contributed by atoms with E-state index in [1.807, 2.05) is 6.08 Å². The third kappa shape index (κ3) is 2.82. The van der Waals surface area contributed by atoms with Crippen molar-refractivity contribution in [3.8, 4) is 0 Å². The molecule has 2 heteroatoms. The summed E-state index contributed by atoms with van der Waals surface area (Å²) < 4.78 is 5.76. The summed E-state index contributed by atoms with van der Waals surface area (Å²) in [5.74, 6) is 2.66. The van der Waals surface area contributed by atoms with E-state index in [2.05, 4.69) is 61.5 Å². The number of carbonyl (C=O) groups is 1. The second-order valence-electron chi connectivity index (χ2n) is 14.9. The van der Waals surface area contributed by atoms with Crippen molar-refractivity contribution < 1.29 is 9.53 Å². The largest absolute Gasteiger partial charge is 0.500 e. The fourth-order valence-corrected chi connectivity index (χ4v) is 10.2. The van der Waals surface area contributed by atoms with Crippen LogP contribution in [0.3, 0.4) is 0 Å². The summed E-state index contributed by atoms with van der Waals surface area (Å²) in [6.45, 7) is 19.7. The molecule has 7 unspecified atom stereocenters. The zero-order valence-electron chi connectivity index (χ0n) is 22.9. The third-order valence-electron chi connectivity index (χ3n) is 12.7. The molecule has 0 aromatic rings. The van der Waals surface area contributed by atoms with Gasteiger partial charge in [-0.1, -0.05) is 67.0 Å². The van der Waals surface area contributed by atoms with E-state index >= 15 is 0 Å². The van der Waals surface area contributed by atoms with Gasteiger partial charge in [0.25, 0.3) is 0 Å². The van der Waals surface area contributed by atoms with Gasteiger partial charge in [-0.3, -0.25) is 4.79 Å². The summed E-state index contributed by atoms with van der Waals surface area (Å²) in [5, 5.41) is 0. The highest BCUT2D eigenvalue weighted by Crippen LogP contribution is 2.75. The van der Waals surface area contributed by atoms with Crippen molar-refractivity contribution in [1.29, 1.82) is 0 Å². The molecule has 33 heavy (non-hydrogen) atoms. The lowest BCUT2D eigenvalue weighted by molar-refractivity contribution is -0.177. The molecular formula is C31H48O2. The maximum atomic E-state index is 13.9. The lowest BCUT2D eigenvalue weighted by Gasteiger charge is -2.70. The molecule has 0 aromatic heterocycles. The average Bonchev–Trinajstić information content (AvgIpc) is 2.72. The molecule has 0 aliphatic heterocycles. The van der Waals surface area contributed by atoms with Crippen molar-refractivity contribution in [1.82, 2.24) is 0 Å². The molecule has 2 nitrogen and oxygen atoms in total. The smallest absolute Gasteiger partial charge is 0.165 e. The highest BCUT2D eigenvalue weighted by molar-refractivity contribution is 5.97. The molecule has 0 saturated heterocycles. The van der Waals surface area contributed by atoms with Crippen LogP contribution in [0.2, 0.25) is 0 Å². The van der Waals surface area contributed by atoms with Crippen molar-refractivity contribution in [3.05, 3.63) is 23.5 Å². The first-order valence-electron chi connectivity index (χ1n) is 13.7. The van der Waals surface area contributed by atoms with E-state index < -0.39 is 0 Å². The van der Waals surface area contributed by atoms with Gasteiger partial charge in [0.1, 0.15) is 5.76 Å². The lowest BCUT2D eigenvalue weighted by atomic mass is 9.34. The predicted molar refractivity (Wildman–Crippen MR) is 136 cm³/mol. The molecule has 5 aliphatic carbocycles. The van der Waals surface area contributed by atoms with Crippen LogP contribution in [0.15, 0.2) is 23.5 Å². The number of rotatable bonds is 1. The van der Waals surface area contributed by atoms with Crippen LogP contribution in [-0.2, 0) is 9.53 Å². The van der Waals surface area contributed by atoms with Gasteiger partial charge in [-0.05, 0) is 90.8 Å². The van der Waals surface area contributed by atoms with Gasteiger partial charge in [0, 0.05) is 16.9 Å². The van der Waals surface area contributed by atoms with Crippen LogP contribution >= 0.6 is 0 Å². The first-order valence-corrected chi connectivity index (χ1v) is 13.7. The number of methoxy groups -OCH3 is 1. The summed E-state index contributed by atoms with van der Waals surface area (Å²) in [4.78, 5) is 13.9.